The molecular weight excluding hydrogens is 250 g/mol. The predicted octanol–water partition coefficient (Wildman–Crippen LogP) is 2.70. The first kappa shape index (κ1) is 14.9. The Morgan fingerprint density at radius 3 is 2.75 bits per heavy atom. The average Bonchev–Trinajstić information content (AvgIpc) is 2.47. The highest BCUT2D eigenvalue weighted by molar-refractivity contribution is 5.96. The monoisotopic (exact) mass is 275 g/mol. The Morgan fingerprint density at radius 1 is 1.35 bits per heavy atom. The van der Waals surface area contributed by atoms with Crippen molar-refractivity contribution in [3.63, 3.8) is 0 Å². The topological polar surface area (TPSA) is 70.6 Å². The zero-order chi connectivity index (χ0) is 14.4. The van der Waals surface area contributed by atoms with Crippen molar-refractivity contribution in [2.45, 2.75) is 39.2 Å². The van der Waals surface area contributed by atoms with E-state index in [0.717, 1.165) is 30.5 Å². The van der Waals surface area contributed by atoms with Crippen molar-refractivity contribution >= 4 is 5.84 Å². The van der Waals surface area contributed by atoms with Crippen molar-refractivity contribution in [2.24, 2.45) is 22.7 Å². The average molecular weight is 275 g/mol. The highest BCUT2D eigenvalue weighted by atomic mass is 16.4. The standard InChI is InChI=1S/C16H25N3O/c1-12-3-2-4-14(9-12)11-18-10-13-5-7-15(8-6-13)16(17)19-20/h5-8,12,14,18,20H,2-4,9-11H2,1H3,(H2,17,19). The first-order valence-electron chi connectivity index (χ1n) is 7.46. The number of benzene rings is 1. The van der Waals surface area contributed by atoms with Crippen LogP contribution in [0.1, 0.15) is 43.7 Å². The minimum atomic E-state index is 0.153. The van der Waals surface area contributed by atoms with Crippen LogP contribution in [-0.4, -0.2) is 17.6 Å². The second-order valence-electron chi connectivity index (χ2n) is 5.95. The summed E-state index contributed by atoms with van der Waals surface area (Å²) in [6.45, 7) is 4.34. The van der Waals surface area contributed by atoms with Gasteiger partial charge in [0.15, 0.2) is 5.84 Å². The quantitative estimate of drug-likeness (QED) is 0.335. The van der Waals surface area contributed by atoms with Crippen LogP contribution in [0.25, 0.3) is 0 Å². The maximum Gasteiger partial charge on any atom is 0.170 e. The second kappa shape index (κ2) is 7.29. The van der Waals surface area contributed by atoms with Gasteiger partial charge in [-0.15, -0.1) is 0 Å². The zero-order valence-electron chi connectivity index (χ0n) is 12.2. The largest absolute Gasteiger partial charge is 0.409 e. The van der Waals surface area contributed by atoms with Crippen LogP contribution >= 0.6 is 0 Å². The molecule has 110 valence electrons. The van der Waals surface area contributed by atoms with E-state index >= 15 is 0 Å². The summed E-state index contributed by atoms with van der Waals surface area (Å²) < 4.78 is 0. The fraction of sp³-hybridized carbons (Fsp3) is 0.562. The van der Waals surface area contributed by atoms with E-state index in [1.165, 1.54) is 31.2 Å². The second-order valence-corrected chi connectivity index (χ2v) is 5.95. The van der Waals surface area contributed by atoms with Gasteiger partial charge >= 0.3 is 0 Å². The third-order valence-corrected chi connectivity index (χ3v) is 4.16. The summed E-state index contributed by atoms with van der Waals surface area (Å²) in [6, 6.07) is 7.80. The molecule has 0 aliphatic heterocycles. The molecule has 2 unspecified atom stereocenters. The van der Waals surface area contributed by atoms with Gasteiger partial charge < -0.3 is 16.3 Å². The molecule has 0 heterocycles. The minimum absolute atomic E-state index is 0.153. The Hall–Kier alpha value is -1.55. The lowest BCUT2D eigenvalue weighted by atomic mass is 9.82. The van der Waals surface area contributed by atoms with E-state index in [1.54, 1.807) is 0 Å². The van der Waals surface area contributed by atoms with Gasteiger partial charge in [0.25, 0.3) is 0 Å². The van der Waals surface area contributed by atoms with Crippen LogP contribution in [0.3, 0.4) is 0 Å². The molecule has 1 aromatic carbocycles. The van der Waals surface area contributed by atoms with E-state index in [-0.39, 0.29) is 5.84 Å². The molecule has 4 heteroatoms. The molecule has 0 aromatic heterocycles. The molecule has 0 bridgehead atoms. The van der Waals surface area contributed by atoms with Crippen LogP contribution < -0.4 is 11.1 Å². The number of nitrogens with zero attached hydrogens (tertiary/aromatic N) is 1. The van der Waals surface area contributed by atoms with Crippen LogP contribution in [0, 0.1) is 11.8 Å². The number of nitrogens with two attached hydrogens (primary N) is 1. The summed E-state index contributed by atoms with van der Waals surface area (Å²) in [5, 5.41) is 15.2. The Kier molecular flexibility index (Phi) is 5.41. The Balaban J connectivity index is 1.76. The summed E-state index contributed by atoms with van der Waals surface area (Å²) in [5.74, 6) is 1.87. The van der Waals surface area contributed by atoms with Crippen LogP contribution in [0.2, 0.25) is 0 Å². The summed E-state index contributed by atoms with van der Waals surface area (Å²) in [4.78, 5) is 0. The van der Waals surface area contributed by atoms with Crippen LogP contribution in [0.15, 0.2) is 29.4 Å². The van der Waals surface area contributed by atoms with Crippen LogP contribution in [-0.2, 0) is 6.54 Å². The summed E-state index contributed by atoms with van der Waals surface area (Å²) in [5.41, 5.74) is 7.51. The number of hydrogen-bond acceptors (Lipinski definition) is 3. The molecule has 1 fully saturated rings. The summed E-state index contributed by atoms with van der Waals surface area (Å²) in [6.07, 6.45) is 5.49. The zero-order valence-corrected chi connectivity index (χ0v) is 12.2. The Bertz CT molecular complexity index is 442. The maximum atomic E-state index is 8.62. The molecule has 0 saturated heterocycles. The van der Waals surface area contributed by atoms with E-state index < -0.39 is 0 Å². The van der Waals surface area contributed by atoms with Gasteiger partial charge in [0.1, 0.15) is 0 Å². The normalized spacial score (nSPS) is 23.8. The third-order valence-electron chi connectivity index (χ3n) is 4.16. The van der Waals surface area contributed by atoms with Crippen molar-refractivity contribution in [2.75, 3.05) is 6.54 Å². The van der Waals surface area contributed by atoms with Crippen molar-refractivity contribution in [3.8, 4) is 0 Å². The van der Waals surface area contributed by atoms with Gasteiger partial charge in [-0.05, 0) is 36.8 Å². The highest BCUT2D eigenvalue weighted by Crippen LogP contribution is 2.27. The molecule has 1 aliphatic rings. The molecule has 4 nitrogen and oxygen atoms in total. The maximum absolute atomic E-state index is 8.62. The van der Waals surface area contributed by atoms with Gasteiger partial charge in [0.05, 0.1) is 0 Å². The first-order valence-corrected chi connectivity index (χ1v) is 7.46. The fourth-order valence-corrected chi connectivity index (χ4v) is 3.02. The first-order chi connectivity index (χ1) is 9.69. The molecule has 1 saturated carbocycles. The van der Waals surface area contributed by atoms with E-state index in [4.69, 9.17) is 10.9 Å². The number of nitrogens with one attached hydrogen (secondary N) is 1. The molecule has 4 N–H and O–H groups in total. The van der Waals surface area contributed by atoms with E-state index in [1.807, 2.05) is 24.3 Å². The Morgan fingerprint density at radius 2 is 2.10 bits per heavy atom. The van der Waals surface area contributed by atoms with Crippen molar-refractivity contribution in [1.82, 2.24) is 5.32 Å². The molecule has 2 atom stereocenters. The van der Waals surface area contributed by atoms with Gasteiger partial charge in [-0.3, -0.25) is 0 Å². The highest BCUT2D eigenvalue weighted by Gasteiger charge is 2.18. The SMILES string of the molecule is CC1CCCC(CNCc2ccc(/C(N)=N/O)cc2)C1. The number of amidine groups is 1. The van der Waals surface area contributed by atoms with Gasteiger partial charge in [0, 0.05) is 12.1 Å². The molecule has 1 aliphatic carbocycles. The van der Waals surface area contributed by atoms with E-state index in [9.17, 15) is 0 Å². The van der Waals surface area contributed by atoms with Gasteiger partial charge in [-0.25, -0.2) is 0 Å². The van der Waals surface area contributed by atoms with Crippen LogP contribution in [0.5, 0.6) is 0 Å². The number of oxime groups is 1. The van der Waals surface area contributed by atoms with E-state index in [2.05, 4.69) is 17.4 Å². The number of rotatable bonds is 5. The van der Waals surface area contributed by atoms with Crippen LogP contribution in [0.4, 0.5) is 0 Å². The molecule has 1 aromatic rings. The predicted molar refractivity (Wildman–Crippen MR) is 81.8 cm³/mol. The molecule has 0 radical (unpaired) electrons. The summed E-state index contributed by atoms with van der Waals surface area (Å²) >= 11 is 0. The lowest BCUT2D eigenvalue weighted by Gasteiger charge is -2.26. The molecule has 2 rings (SSSR count). The van der Waals surface area contributed by atoms with Crippen molar-refractivity contribution in [3.05, 3.63) is 35.4 Å². The fourth-order valence-electron chi connectivity index (χ4n) is 3.02. The lowest BCUT2D eigenvalue weighted by molar-refractivity contribution is 0.274. The van der Waals surface area contributed by atoms with Crippen molar-refractivity contribution < 1.29 is 5.21 Å². The molecule has 20 heavy (non-hydrogen) atoms. The molecule has 0 spiro atoms. The summed E-state index contributed by atoms with van der Waals surface area (Å²) in [7, 11) is 0. The minimum Gasteiger partial charge on any atom is -0.409 e. The number of hydrogen-bond donors (Lipinski definition) is 3. The third kappa shape index (κ3) is 4.23. The Labute approximate surface area is 121 Å². The van der Waals surface area contributed by atoms with Gasteiger partial charge in [0.2, 0.25) is 0 Å². The van der Waals surface area contributed by atoms with E-state index in [0.29, 0.717) is 0 Å². The van der Waals surface area contributed by atoms with Gasteiger partial charge in [-0.1, -0.05) is 49.2 Å². The smallest absolute Gasteiger partial charge is 0.170 e. The molecular formula is C16H25N3O. The van der Waals surface area contributed by atoms with Crippen molar-refractivity contribution in [1.29, 1.82) is 0 Å². The van der Waals surface area contributed by atoms with Gasteiger partial charge in [-0.2, -0.15) is 0 Å². The molecule has 0 amide bonds. The lowest BCUT2D eigenvalue weighted by Crippen LogP contribution is -2.26.